The van der Waals surface area contributed by atoms with Gasteiger partial charge in [0.05, 0.1) is 12.2 Å². The van der Waals surface area contributed by atoms with Gasteiger partial charge in [-0.15, -0.1) is 6.58 Å². The molecule has 3 nitrogen and oxygen atoms in total. The summed E-state index contributed by atoms with van der Waals surface area (Å²) in [5, 5.41) is 12.1. The molecule has 1 fully saturated rings. The summed E-state index contributed by atoms with van der Waals surface area (Å²) in [5.41, 5.74) is -0.492. The van der Waals surface area contributed by atoms with Crippen LogP contribution >= 0.6 is 0 Å². The fourth-order valence-corrected chi connectivity index (χ4v) is 1.41. The minimum absolute atomic E-state index is 0.0255. The van der Waals surface area contributed by atoms with Crippen LogP contribution in [0.3, 0.4) is 0 Å². The first kappa shape index (κ1) is 9.24. The smallest absolute Gasteiger partial charge is 0.135 e. The molecule has 1 rings (SSSR count). The zero-order valence-corrected chi connectivity index (χ0v) is 7.34. The first-order valence-corrected chi connectivity index (χ1v) is 4.14. The van der Waals surface area contributed by atoms with Crippen LogP contribution in [0.1, 0.15) is 13.3 Å². The standard InChI is InChI=1S/C9H14N2O/c1-3-5-11-9(7-10)4-6-12-8(9)2/h3,8,11H,1,4-6H2,2H3. The summed E-state index contributed by atoms with van der Waals surface area (Å²) in [4.78, 5) is 0. The monoisotopic (exact) mass is 166 g/mol. The largest absolute Gasteiger partial charge is 0.375 e. The third kappa shape index (κ3) is 1.50. The van der Waals surface area contributed by atoms with Crippen LogP contribution in [0.2, 0.25) is 0 Å². The van der Waals surface area contributed by atoms with Crippen molar-refractivity contribution >= 4 is 0 Å². The van der Waals surface area contributed by atoms with E-state index in [9.17, 15) is 0 Å². The van der Waals surface area contributed by atoms with Crippen molar-refractivity contribution in [3.05, 3.63) is 12.7 Å². The van der Waals surface area contributed by atoms with Gasteiger partial charge in [0, 0.05) is 19.6 Å². The van der Waals surface area contributed by atoms with E-state index in [4.69, 9.17) is 10.00 Å². The minimum atomic E-state index is -0.492. The fraction of sp³-hybridized carbons (Fsp3) is 0.667. The fourth-order valence-electron chi connectivity index (χ4n) is 1.41. The van der Waals surface area contributed by atoms with E-state index in [1.807, 2.05) is 6.92 Å². The molecule has 2 unspecified atom stereocenters. The SMILES string of the molecule is C=CCNC1(C#N)CCOC1C. The molecule has 0 aromatic heterocycles. The Labute approximate surface area is 73.0 Å². The van der Waals surface area contributed by atoms with E-state index in [0.717, 1.165) is 6.42 Å². The molecule has 0 radical (unpaired) electrons. The van der Waals surface area contributed by atoms with Gasteiger partial charge in [0.2, 0.25) is 0 Å². The Morgan fingerprint density at radius 3 is 3.08 bits per heavy atom. The summed E-state index contributed by atoms with van der Waals surface area (Å²) in [6.07, 6.45) is 2.49. The van der Waals surface area contributed by atoms with Crippen molar-refractivity contribution in [3.63, 3.8) is 0 Å². The summed E-state index contributed by atoms with van der Waals surface area (Å²) >= 11 is 0. The Kier molecular flexibility index (Phi) is 2.85. The quantitative estimate of drug-likeness (QED) is 0.632. The molecule has 2 atom stereocenters. The summed E-state index contributed by atoms with van der Waals surface area (Å²) < 4.78 is 5.34. The highest BCUT2D eigenvalue weighted by molar-refractivity contribution is 5.14. The molecule has 0 aliphatic carbocycles. The molecule has 0 spiro atoms. The molecule has 3 heteroatoms. The van der Waals surface area contributed by atoms with Gasteiger partial charge in [0.25, 0.3) is 0 Å². The van der Waals surface area contributed by atoms with Crippen LogP contribution in [0.15, 0.2) is 12.7 Å². The maximum absolute atomic E-state index is 8.99. The topological polar surface area (TPSA) is 45.0 Å². The van der Waals surface area contributed by atoms with E-state index in [1.54, 1.807) is 6.08 Å². The molecular weight excluding hydrogens is 152 g/mol. The third-order valence-electron chi connectivity index (χ3n) is 2.32. The molecule has 0 bridgehead atoms. The lowest BCUT2D eigenvalue weighted by molar-refractivity contribution is 0.0998. The second kappa shape index (κ2) is 3.70. The van der Waals surface area contributed by atoms with Crippen LogP contribution in [0, 0.1) is 11.3 Å². The number of hydrogen-bond donors (Lipinski definition) is 1. The van der Waals surface area contributed by atoms with Gasteiger partial charge < -0.3 is 4.74 Å². The van der Waals surface area contributed by atoms with Gasteiger partial charge in [-0.1, -0.05) is 6.08 Å². The van der Waals surface area contributed by atoms with Crippen LogP contribution in [-0.4, -0.2) is 24.8 Å². The number of rotatable bonds is 3. The summed E-state index contributed by atoms with van der Waals surface area (Å²) in [5.74, 6) is 0. The first-order chi connectivity index (χ1) is 5.75. The Bertz CT molecular complexity index is 209. The zero-order chi connectivity index (χ0) is 9.03. The molecule has 0 aromatic carbocycles. The van der Waals surface area contributed by atoms with E-state index in [2.05, 4.69) is 18.0 Å². The van der Waals surface area contributed by atoms with Gasteiger partial charge in [-0.3, -0.25) is 5.32 Å². The Morgan fingerprint density at radius 2 is 2.67 bits per heavy atom. The van der Waals surface area contributed by atoms with Crippen molar-refractivity contribution < 1.29 is 4.74 Å². The van der Waals surface area contributed by atoms with Crippen LogP contribution in [0.25, 0.3) is 0 Å². The van der Waals surface area contributed by atoms with Gasteiger partial charge in [-0.2, -0.15) is 5.26 Å². The predicted octanol–water partition coefficient (Wildman–Crippen LogP) is 0.833. The Morgan fingerprint density at radius 1 is 1.92 bits per heavy atom. The molecule has 66 valence electrons. The van der Waals surface area contributed by atoms with Gasteiger partial charge in [-0.05, 0) is 6.92 Å². The highest BCUT2D eigenvalue weighted by atomic mass is 16.5. The molecule has 1 N–H and O–H groups in total. The van der Waals surface area contributed by atoms with Crippen molar-refractivity contribution in [1.82, 2.24) is 5.32 Å². The van der Waals surface area contributed by atoms with E-state index >= 15 is 0 Å². The summed E-state index contributed by atoms with van der Waals surface area (Å²) in [6, 6.07) is 2.28. The Hall–Kier alpha value is -0.850. The van der Waals surface area contributed by atoms with E-state index in [1.165, 1.54) is 0 Å². The lowest BCUT2D eigenvalue weighted by atomic mass is 9.94. The van der Waals surface area contributed by atoms with Crippen LogP contribution in [-0.2, 0) is 4.74 Å². The van der Waals surface area contributed by atoms with Crippen molar-refractivity contribution in [1.29, 1.82) is 5.26 Å². The highest BCUT2D eigenvalue weighted by Gasteiger charge is 2.41. The van der Waals surface area contributed by atoms with Crippen molar-refractivity contribution in [2.45, 2.75) is 25.0 Å². The second-order valence-corrected chi connectivity index (χ2v) is 3.02. The number of nitrogens with one attached hydrogen (secondary N) is 1. The van der Waals surface area contributed by atoms with Crippen LogP contribution < -0.4 is 5.32 Å². The highest BCUT2D eigenvalue weighted by Crippen LogP contribution is 2.24. The molecule has 0 aromatic rings. The van der Waals surface area contributed by atoms with E-state index in [0.29, 0.717) is 13.2 Å². The molecule has 1 saturated heterocycles. The number of nitrogens with zero attached hydrogens (tertiary/aromatic N) is 1. The zero-order valence-electron chi connectivity index (χ0n) is 7.34. The van der Waals surface area contributed by atoms with Gasteiger partial charge in [0.1, 0.15) is 5.54 Å². The molecular formula is C9H14N2O. The maximum Gasteiger partial charge on any atom is 0.135 e. The molecule has 0 saturated carbocycles. The Balaban J connectivity index is 2.62. The maximum atomic E-state index is 8.99. The molecule has 1 aliphatic rings. The lowest BCUT2D eigenvalue weighted by Crippen LogP contribution is -2.49. The normalized spacial score (nSPS) is 34.5. The number of hydrogen-bond acceptors (Lipinski definition) is 3. The summed E-state index contributed by atoms with van der Waals surface area (Å²) in [7, 11) is 0. The van der Waals surface area contributed by atoms with E-state index in [-0.39, 0.29) is 6.10 Å². The van der Waals surface area contributed by atoms with Gasteiger partial charge in [0.15, 0.2) is 0 Å². The second-order valence-electron chi connectivity index (χ2n) is 3.02. The number of ether oxygens (including phenoxy) is 1. The first-order valence-electron chi connectivity index (χ1n) is 4.14. The summed E-state index contributed by atoms with van der Waals surface area (Å²) in [6.45, 7) is 6.84. The van der Waals surface area contributed by atoms with E-state index < -0.39 is 5.54 Å². The number of nitriles is 1. The molecule has 1 aliphatic heterocycles. The lowest BCUT2D eigenvalue weighted by Gasteiger charge is -2.24. The predicted molar refractivity (Wildman–Crippen MR) is 46.6 cm³/mol. The molecule has 12 heavy (non-hydrogen) atoms. The molecule has 0 amide bonds. The minimum Gasteiger partial charge on any atom is -0.375 e. The van der Waals surface area contributed by atoms with Crippen molar-refractivity contribution in [2.75, 3.05) is 13.2 Å². The van der Waals surface area contributed by atoms with Crippen LogP contribution in [0.5, 0.6) is 0 Å². The van der Waals surface area contributed by atoms with Gasteiger partial charge >= 0.3 is 0 Å². The van der Waals surface area contributed by atoms with Crippen molar-refractivity contribution in [2.24, 2.45) is 0 Å². The third-order valence-corrected chi connectivity index (χ3v) is 2.32. The average molecular weight is 166 g/mol. The van der Waals surface area contributed by atoms with Crippen molar-refractivity contribution in [3.8, 4) is 6.07 Å². The van der Waals surface area contributed by atoms with Gasteiger partial charge in [-0.25, -0.2) is 0 Å². The van der Waals surface area contributed by atoms with Crippen LogP contribution in [0.4, 0.5) is 0 Å². The molecule has 1 heterocycles. The average Bonchev–Trinajstić information content (AvgIpc) is 2.45.